The van der Waals surface area contributed by atoms with Crippen LogP contribution in [-0.2, 0) is 33.0 Å². The van der Waals surface area contributed by atoms with Gasteiger partial charge in [0.15, 0.2) is 0 Å². The van der Waals surface area contributed by atoms with E-state index in [4.69, 9.17) is 19.5 Å². The fourth-order valence-corrected chi connectivity index (χ4v) is 18.7. The number of thioether (sulfide) groups is 2. The summed E-state index contributed by atoms with van der Waals surface area (Å²) in [4.78, 5) is 24.8. The Morgan fingerprint density at radius 1 is 0.681 bits per heavy atom. The number of aliphatic imine (C=N–C) groups is 2. The Labute approximate surface area is 585 Å². The van der Waals surface area contributed by atoms with Crippen molar-refractivity contribution in [1.29, 1.82) is 0 Å². The van der Waals surface area contributed by atoms with Crippen molar-refractivity contribution in [3.63, 3.8) is 0 Å². The van der Waals surface area contributed by atoms with Crippen molar-refractivity contribution in [1.82, 2.24) is 14.8 Å². The van der Waals surface area contributed by atoms with Gasteiger partial charge in [-0.15, -0.1) is 35.7 Å². The van der Waals surface area contributed by atoms with E-state index in [0.717, 1.165) is 69.0 Å². The first-order chi connectivity index (χ1) is 43.0. The molecule has 91 heavy (non-hydrogen) atoms. The van der Waals surface area contributed by atoms with Crippen molar-refractivity contribution < 1.29 is 26.5 Å². The van der Waals surface area contributed by atoms with Gasteiger partial charge >= 0.3 is 0 Å². The topological polar surface area (TPSA) is 62.6 Å². The number of aryl methyl sites for hydroxylation is 1. The molecule has 0 spiro atoms. The zero-order valence-corrected chi connectivity index (χ0v) is 63.3. The van der Waals surface area contributed by atoms with Crippen LogP contribution in [0.1, 0.15) is 180 Å². The molecule has 0 N–H and O–H groups in total. The number of thiol groups is 1. The van der Waals surface area contributed by atoms with Crippen LogP contribution in [0.15, 0.2) is 174 Å². The van der Waals surface area contributed by atoms with Gasteiger partial charge in [-0.2, -0.15) is 11.8 Å². The number of aromatic nitrogens is 1. The van der Waals surface area contributed by atoms with Crippen molar-refractivity contribution >= 4 is 71.0 Å². The van der Waals surface area contributed by atoms with Gasteiger partial charge in [0.05, 0.1) is 22.5 Å². The molecule has 498 valence electrons. The summed E-state index contributed by atoms with van der Waals surface area (Å²) in [6, 6.07) is 50.3. The summed E-state index contributed by atoms with van der Waals surface area (Å²) < 4.78 is 11.6. The molecule has 2 bridgehead atoms. The van der Waals surface area contributed by atoms with E-state index in [-0.39, 0.29) is 33.3 Å². The Kier molecular flexibility index (Phi) is 30.8. The first-order valence-corrected chi connectivity index (χ1v) is 37.6. The van der Waals surface area contributed by atoms with Crippen LogP contribution in [0, 0.1) is 40.9 Å². The van der Waals surface area contributed by atoms with E-state index in [1.165, 1.54) is 102 Å². The fraction of sp³-hybridized carbons (Fsp3) is 0.551. The Morgan fingerprint density at radius 3 is 1.86 bits per heavy atom. The van der Waals surface area contributed by atoms with Crippen LogP contribution in [0.25, 0.3) is 0 Å². The molecule has 0 radical (unpaired) electrons. The zero-order valence-electron chi connectivity index (χ0n) is 58.1. The summed E-state index contributed by atoms with van der Waals surface area (Å²) in [6.07, 6.45) is 17.0. The average Bonchev–Trinajstić information content (AvgIpc) is 1.55. The summed E-state index contributed by atoms with van der Waals surface area (Å²) in [5, 5.41) is 2.98. The molecular formula is C78H111FeN5O2S5. The number of ether oxygens (including phenoxy) is 2. The molecule has 12 rings (SSSR count). The van der Waals surface area contributed by atoms with E-state index in [0.29, 0.717) is 35.4 Å². The number of rotatable bonds is 15. The summed E-state index contributed by atoms with van der Waals surface area (Å²) in [5.41, 5.74) is 5.57. The maximum atomic E-state index is 5.89. The molecule has 4 aromatic carbocycles. The first kappa shape index (κ1) is 76.5. The molecule has 9 atom stereocenters. The van der Waals surface area contributed by atoms with Crippen molar-refractivity contribution in [2.24, 2.45) is 44.0 Å². The maximum absolute atomic E-state index is 5.89. The molecule has 2 aromatic heterocycles. The van der Waals surface area contributed by atoms with E-state index in [2.05, 4.69) is 265 Å². The summed E-state index contributed by atoms with van der Waals surface area (Å²) in [6.45, 7) is 28.9. The predicted molar refractivity (Wildman–Crippen MR) is 396 cm³/mol. The van der Waals surface area contributed by atoms with Gasteiger partial charge in [0, 0.05) is 76.5 Å². The van der Waals surface area contributed by atoms with Gasteiger partial charge in [0.1, 0.15) is 13.2 Å². The predicted octanol–water partition coefficient (Wildman–Crippen LogP) is 21.3. The quantitative estimate of drug-likeness (QED) is 0.0806. The minimum atomic E-state index is 0. The largest absolute Gasteiger partial charge is 0.475 e. The molecule has 4 aliphatic carbocycles. The molecule has 4 heterocycles. The minimum absolute atomic E-state index is 0. The van der Waals surface area contributed by atoms with Gasteiger partial charge in [-0.1, -0.05) is 191 Å². The second-order valence-corrected chi connectivity index (χ2v) is 33.7. The Bertz CT molecular complexity index is 3110. The van der Waals surface area contributed by atoms with Gasteiger partial charge in [-0.3, -0.25) is 4.98 Å². The summed E-state index contributed by atoms with van der Waals surface area (Å²) >= 11 is 12.1. The number of fused-ring (bicyclic) bond motifs is 2. The van der Waals surface area contributed by atoms with Gasteiger partial charge in [0.2, 0.25) is 11.8 Å². The molecule has 6 aromatic rings. The molecule has 6 aliphatic rings. The van der Waals surface area contributed by atoms with Crippen molar-refractivity contribution in [3.8, 4) is 0 Å². The number of pyridine rings is 1. The molecule has 2 unspecified atom stereocenters. The number of hydrogen-bond acceptors (Lipinski definition) is 12. The fourth-order valence-electron chi connectivity index (χ4n) is 13.6. The Balaban J connectivity index is 0.000000182. The van der Waals surface area contributed by atoms with Crippen LogP contribution in [-0.4, -0.2) is 102 Å². The van der Waals surface area contributed by atoms with E-state index in [1.807, 2.05) is 41.8 Å². The normalized spacial score (nSPS) is 24.0. The third-order valence-corrected chi connectivity index (χ3v) is 25.5. The van der Waals surface area contributed by atoms with Crippen LogP contribution in [0.5, 0.6) is 0 Å². The van der Waals surface area contributed by atoms with E-state index in [1.54, 1.807) is 23.1 Å². The third kappa shape index (κ3) is 21.3. The van der Waals surface area contributed by atoms with E-state index in [9.17, 15) is 0 Å². The minimum Gasteiger partial charge on any atom is -0.475 e. The van der Waals surface area contributed by atoms with E-state index < -0.39 is 0 Å². The smallest absolute Gasteiger partial charge is 0.226 e. The number of benzene rings is 4. The molecule has 2 aliphatic heterocycles. The van der Waals surface area contributed by atoms with Gasteiger partial charge in [-0.05, 0) is 192 Å². The summed E-state index contributed by atoms with van der Waals surface area (Å²) in [5.74, 6) is 5.21. The number of thiophene rings is 1. The summed E-state index contributed by atoms with van der Waals surface area (Å²) in [7, 11) is 8.56. The second kappa shape index (κ2) is 36.6. The second-order valence-electron chi connectivity index (χ2n) is 28.2. The average molecular weight is 1370 g/mol. The van der Waals surface area contributed by atoms with Crippen molar-refractivity contribution in [2.45, 2.75) is 214 Å². The molecule has 13 heteroatoms. The number of hydrogen-bond donors (Lipinski definition) is 1. The molecule has 7 nitrogen and oxygen atoms in total. The zero-order chi connectivity index (χ0) is 65.1. The molecule has 0 amide bonds. The van der Waals surface area contributed by atoms with Crippen LogP contribution < -0.4 is 0 Å². The van der Waals surface area contributed by atoms with E-state index >= 15 is 0 Å². The van der Waals surface area contributed by atoms with Gasteiger partial charge < -0.3 is 19.3 Å². The molecular weight excluding hydrogens is 1260 g/mol. The van der Waals surface area contributed by atoms with Crippen LogP contribution in [0.3, 0.4) is 0 Å². The number of nitrogens with zero attached hydrogens (tertiary/aromatic N) is 5. The SMILES string of the molecule is C1CCCC1.CC(C)(C)[C@H]1COC(c2ccccc2Sc2ccccc2)=N1.CC(C)[C@H]1COC(c2cccs2)=N1.CCSC1CCCC1[C@H](C)N(C)C.C[C@@H](c1ccccc1S)N(C)C.Cc1cccc(C[C@]2(Sc3ccccc3)C(C)(C)[C@H]3CC[C@]2(C)C3)n1.[Fe]. The Hall–Kier alpha value is -3.49. The molecule has 4 fully saturated rings. The van der Waals surface area contributed by atoms with Gasteiger partial charge in [0.25, 0.3) is 0 Å². The van der Waals surface area contributed by atoms with Crippen molar-refractivity contribution in [2.75, 3.05) is 47.2 Å². The monoisotopic (exact) mass is 1370 g/mol. The molecule has 4 saturated carbocycles. The third-order valence-electron chi connectivity index (χ3n) is 19.8. The van der Waals surface area contributed by atoms with Crippen LogP contribution >= 0.6 is 59.3 Å². The van der Waals surface area contributed by atoms with Gasteiger partial charge in [-0.25, -0.2) is 9.98 Å². The Morgan fingerprint density at radius 2 is 1.31 bits per heavy atom. The molecule has 0 saturated heterocycles. The maximum Gasteiger partial charge on any atom is 0.226 e. The van der Waals surface area contributed by atoms with Crippen LogP contribution in [0.2, 0.25) is 0 Å². The standard InChI is InChI=1S/C23H29NS.C19H21NOS.C11H23NS.C10H13NOS.C10H15NS.C5H10.Fe/c1-17-9-8-10-19(24-17)16-23(25-20-11-6-5-7-12-20)21(2,3)18-13-14-22(23,4)15-18;1-19(2,3)17-13-21-18(20-17)15-11-7-8-12-16(15)22-14-9-5-4-6-10-14;1-5-13-11-8-6-7-10(11)9(2)12(3)4;1-7(2)8-6-12-10(11-8)9-4-3-5-13-9;1-8(11(2)3)9-6-4-5-7-10(9)12;1-2-4-5-3-1;/h5-12,18H,13-16H2,1-4H3;4-12,17H,13H2,1-3H3;9-11H,5-8H2,1-4H3;3-5,7-8H,6H2,1-2H3;4-8,12H,1-3H3;1-5H2;/t18-,22+,23-;17-;9-,10?,11?;2*8-;;/m01010../s1. The first-order valence-electron chi connectivity index (χ1n) is 33.6. The van der Waals surface area contributed by atoms with Crippen molar-refractivity contribution in [3.05, 3.63) is 172 Å². The van der Waals surface area contributed by atoms with Crippen LogP contribution in [0.4, 0.5) is 0 Å².